The van der Waals surface area contributed by atoms with E-state index >= 15 is 0 Å². The minimum absolute atomic E-state index is 0.454. The van der Waals surface area contributed by atoms with Gasteiger partial charge in [-0.2, -0.15) is 0 Å². The van der Waals surface area contributed by atoms with E-state index in [1.165, 1.54) is 3.13 Å². The summed E-state index contributed by atoms with van der Waals surface area (Å²) in [5, 5.41) is 1.15. The number of nitrogens with zero attached hydrogens (tertiary/aromatic N) is 1. The molecule has 4 heteroatoms. The van der Waals surface area contributed by atoms with E-state index in [2.05, 4.69) is 12.4 Å². The molecule has 1 rings (SSSR count). The Labute approximate surface area is 48.0 Å². The molecule has 34 valence electrons. The van der Waals surface area contributed by atoms with Crippen molar-refractivity contribution in [1.82, 2.24) is 0 Å². The van der Waals surface area contributed by atoms with E-state index in [4.69, 9.17) is 4.84 Å². The molecule has 0 saturated carbocycles. The molecule has 2 nitrogen and oxygen atoms in total. The molecular weight excluding hydrogens is 165 g/mol. The third-order valence-electron chi connectivity index (χ3n) is 0.477. The number of rotatable bonds is 0. The van der Waals surface area contributed by atoms with E-state index in [9.17, 15) is 0 Å². The van der Waals surface area contributed by atoms with Gasteiger partial charge in [0.15, 0.2) is 0 Å². The van der Waals surface area contributed by atoms with Gasteiger partial charge >= 0.3 is 47.5 Å². The van der Waals surface area contributed by atoms with Gasteiger partial charge in [-0.3, -0.25) is 0 Å². The Hall–Kier alpha value is 0.339. The second-order valence-electron chi connectivity index (χ2n) is 0.890. The van der Waals surface area contributed by atoms with Gasteiger partial charge < -0.3 is 0 Å². The van der Waals surface area contributed by atoms with Crippen molar-refractivity contribution in [2.24, 2.45) is 0 Å². The van der Waals surface area contributed by atoms with Crippen LogP contribution in [0.1, 0.15) is 0 Å². The number of hydrogen-bond acceptors (Lipinski definition) is 2. The first kappa shape index (κ1) is 4.50. The quantitative estimate of drug-likeness (QED) is 0.462. The van der Waals surface area contributed by atoms with Crippen LogP contribution < -0.4 is 0 Å². The van der Waals surface area contributed by atoms with Gasteiger partial charge in [-0.25, -0.2) is 0 Å². The Bertz CT molecular complexity index is 67.9. The van der Waals surface area contributed by atoms with Gasteiger partial charge in [0.2, 0.25) is 0 Å². The fourth-order valence-electron chi connectivity index (χ4n) is 0.261. The minimum atomic E-state index is 0.454. The van der Waals surface area contributed by atoms with Crippen LogP contribution in [0.5, 0.6) is 0 Å². The molecule has 1 aliphatic rings. The zero-order chi connectivity index (χ0) is 4.41. The van der Waals surface area contributed by atoms with Crippen molar-refractivity contribution in [2.75, 3.05) is 6.61 Å². The monoisotopic (exact) mass is 170 g/mol. The fraction of sp³-hybridized carbons (Fsp3) is 1.00. The van der Waals surface area contributed by atoms with Crippen LogP contribution in [-0.2, 0) is 17.3 Å². The number of hydrogen-bond donors (Lipinski definition) is 0. The zero-order valence-electron chi connectivity index (χ0n) is 3.09. The van der Waals surface area contributed by atoms with Gasteiger partial charge in [0.05, 0.1) is 0 Å². The van der Waals surface area contributed by atoms with Crippen LogP contribution in [0.25, 0.3) is 0 Å². The molecule has 1 fully saturated rings. The Morgan fingerprint density at radius 2 is 2.67 bits per heavy atom. The van der Waals surface area contributed by atoms with Gasteiger partial charge in [0.1, 0.15) is 0 Å². The summed E-state index contributed by atoms with van der Waals surface area (Å²) in [5.41, 5.74) is 0. The van der Waals surface area contributed by atoms with Crippen molar-refractivity contribution >= 4 is 27.6 Å². The molecular formula is C2H4NOSSe+. The van der Waals surface area contributed by atoms with Gasteiger partial charge in [-0.05, 0) is 0 Å². The summed E-state index contributed by atoms with van der Waals surface area (Å²) in [5.74, 6) is 0. The molecule has 0 unspecified atom stereocenters. The molecule has 1 saturated heterocycles. The normalized spacial score (nSPS) is 21.0. The van der Waals surface area contributed by atoms with Crippen LogP contribution in [0.4, 0.5) is 0 Å². The summed E-state index contributed by atoms with van der Waals surface area (Å²) < 4.78 is 1.51. The summed E-state index contributed by atoms with van der Waals surface area (Å²) >= 11 is 5.09. The average molecular weight is 169 g/mol. The molecule has 0 aromatic heterocycles. The van der Waals surface area contributed by atoms with Crippen LogP contribution in [0.3, 0.4) is 0 Å². The predicted molar refractivity (Wildman–Crippen MR) is 24.1 cm³/mol. The van der Waals surface area contributed by atoms with E-state index in [1.807, 2.05) is 0 Å². The first-order valence-electron chi connectivity index (χ1n) is 1.63. The summed E-state index contributed by atoms with van der Waals surface area (Å²) in [6.45, 7) is 0.837. The van der Waals surface area contributed by atoms with Crippen molar-refractivity contribution in [3.8, 4) is 0 Å². The molecule has 0 radical (unpaired) electrons. The van der Waals surface area contributed by atoms with E-state index < -0.39 is 0 Å². The Morgan fingerprint density at radius 3 is 2.83 bits per heavy atom. The Balaban J connectivity index is 2.37. The average Bonchev–Trinajstić information content (AvgIpc) is 1.86. The third kappa shape index (κ3) is 0.898. The van der Waals surface area contributed by atoms with Crippen LogP contribution >= 0.6 is 0 Å². The summed E-state index contributed by atoms with van der Waals surface area (Å²) in [6, 6.07) is 0. The first-order chi connectivity index (χ1) is 2.89. The molecule has 6 heavy (non-hydrogen) atoms. The van der Waals surface area contributed by atoms with Crippen molar-refractivity contribution < 1.29 is 7.96 Å². The summed E-state index contributed by atoms with van der Waals surface area (Å²) in [7, 11) is 0. The Morgan fingerprint density at radius 1 is 1.83 bits per heavy atom. The second-order valence-corrected chi connectivity index (χ2v) is 3.84. The van der Waals surface area contributed by atoms with Gasteiger partial charge in [-0.1, -0.05) is 0 Å². The van der Waals surface area contributed by atoms with E-state index in [0.29, 0.717) is 15.2 Å². The first-order valence-corrected chi connectivity index (χ1v) is 3.97. The summed E-state index contributed by atoms with van der Waals surface area (Å²) in [4.78, 5) is 4.83. The van der Waals surface area contributed by atoms with Gasteiger partial charge in [-0.15, -0.1) is 0 Å². The van der Waals surface area contributed by atoms with Crippen LogP contribution in [-0.4, -0.2) is 24.9 Å². The van der Waals surface area contributed by atoms with E-state index in [1.54, 1.807) is 0 Å². The van der Waals surface area contributed by atoms with E-state index in [0.717, 1.165) is 11.9 Å². The molecule has 0 spiro atoms. The van der Waals surface area contributed by atoms with Crippen molar-refractivity contribution in [3.63, 3.8) is 0 Å². The maximum atomic E-state index is 4.83. The van der Waals surface area contributed by atoms with Crippen LogP contribution in [0.15, 0.2) is 0 Å². The molecule has 0 aromatic rings. The zero-order valence-corrected chi connectivity index (χ0v) is 5.62. The Kier molecular flexibility index (Phi) is 1.40. The van der Waals surface area contributed by atoms with Crippen molar-refractivity contribution in [3.05, 3.63) is 0 Å². The maximum absolute atomic E-state index is 4.83. The van der Waals surface area contributed by atoms with Gasteiger partial charge in [0, 0.05) is 0 Å². The fourth-order valence-corrected chi connectivity index (χ4v) is 1.66. The van der Waals surface area contributed by atoms with Crippen molar-refractivity contribution in [2.45, 2.75) is 5.32 Å². The predicted octanol–water partition coefficient (Wildman–Crippen LogP) is -0.288. The second kappa shape index (κ2) is 1.87. The molecule has 0 bridgehead atoms. The van der Waals surface area contributed by atoms with Gasteiger partial charge in [0.25, 0.3) is 0 Å². The standard InChI is InChI=1S/C2H4NOSSe/c5-3-4-1-2-6-3/h1-2H2/q+1. The molecule has 0 aliphatic carbocycles. The van der Waals surface area contributed by atoms with Crippen LogP contribution in [0, 0.1) is 0 Å². The molecule has 0 amide bonds. The molecule has 0 N–H and O–H groups in total. The third-order valence-corrected chi connectivity index (χ3v) is 2.53. The molecule has 0 aromatic carbocycles. The topological polar surface area (TPSA) is 12.2 Å². The molecule has 0 atom stereocenters. The van der Waals surface area contributed by atoms with Crippen LogP contribution in [0.2, 0.25) is 5.32 Å². The summed E-state index contributed by atoms with van der Waals surface area (Å²) in [6.07, 6.45) is 0. The van der Waals surface area contributed by atoms with Crippen molar-refractivity contribution in [1.29, 1.82) is 0 Å². The molecule has 1 heterocycles. The SMILES string of the molecule is S=[N+]1OCC[Se]1. The van der Waals surface area contributed by atoms with E-state index in [-0.39, 0.29) is 0 Å². The molecule has 1 aliphatic heterocycles.